The molecule has 0 atom stereocenters. The fraction of sp³-hybridized carbons (Fsp3) is 0.440. The van der Waals surface area contributed by atoms with Crippen molar-refractivity contribution >= 4 is 17.2 Å². The van der Waals surface area contributed by atoms with Gasteiger partial charge in [-0.1, -0.05) is 0 Å². The van der Waals surface area contributed by atoms with E-state index in [0.717, 1.165) is 61.2 Å². The van der Waals surface area contributed by atoms with Crippen LogP contribution in [0.2, 0.25) is 0 Å². The third kappa shape index (κ3) is 4.05. The van der Waals surface area contributed by atoms with Gasteiger partial charge in [-0.2, -0.15) is 10.4 Å². The Labute approximate surface area is 198 Å². The number of nitrogens with two attached hydrogens (primary N) is 1. The zero-order valence-electron chi connectivity index (χ0n) is 19.5. The number of aromatic nitrogens is 3. The second-order valence-corrected chi connectivity index (χ2v) is 9.55. The Bertz CT molecular complexity index is 1260. The lowest BCUT2D eigenvalue weighted by molar-refractivity contribution is -0.125. The van der Waals surface area contributed by atoms with Crippen molar-refractivity contribution in [3.8, 4) is 22.9 Å². The average molecular weight is 460 g/mol. The Morgan fingerprint density at radius 1 is 1.26 bits per heavy atom. The first-order chi connectivity index (χ1) is 16.3. The van der Waals surface area contributed by atoms with Gasteiger partial charge in [0.1, 0.15) is 17.6 Å². The number of carbonyl (C=O) groups excluding carboxylic acids is 1. The van der Waals surface area contributed by atoms with E-state index in [2.05, 4.69) is 28.3 Å². The van der Waals surface area contributed by atoms with E-state index in [1.807, 2.05) is 31.3 Å². The molecule has 2 aliphatic rings. The van der Waals surface area contributed by atoms with Crippen molar-refractivity contribution in [3.05, 3.63) is 42.4 Å². The Kier molecular flexibility index (Phi) is 5.41. The molecule has 0 aromatic carbocycles. The van der Waals surface area contributed by atoms with E-state index >= 15 is 0 Å². The molecule has 3 aromatic heterocycles. The molecule has 0 bridgehead atoms. The zero-order valence-corrected chi connectivity index (χ0v) is 19.5. The second kappa shape index (κ2) is 8.29. The maximum absolute atomic E-state index is 12.4. The van der Waals surface area contributed by atoms with Gasteiger partial charge >= 0.3 is 0 Å². The topological polar surface area (TPSA) is 122 Å². The van der Waals surface area contributed by atoms with Crippen molar-refractivity contribution in [1.29, 1.82) is 5.26 Å². The van der Waals surface area contributed by atoms with E-state index in [0.29, 0.717) is 17.9 Å². The quantitative estimate of drug-likeness (QED) is 0.581. The van der Waals surface area contributed by atoms with Crippen LogP contribution in [0.15, 0.2) is 36.8 Å². The van der Waals surface area contributed by atoms with Crippen LogP contribution in [-0.2, 0) is 4.79 Å². The summed E-state index contributed by atoms with van der Waals surface area (Å²) in [6.07, 6.45) is 8.38. The van der Waals surface area contributed by atoms with Gasteiger partial charge in [0.25, 0.3) is 0 Å². The van der Waals surface area contributed by atoms with Crippen LogP contribution in [-0.4, -0.2) is 51.3 Å². The molecule has 0 unspecified atom stereocenters. The van der Waals surface area contributed by atoms with Gasteiger partial charge in [-0.05, 0) is 57.7 Å². The molecule has 1 aliphatic carbocycles. The first-order valence-electron chi connectivity index (χ1n) is 11.7. The molecule has 9 nitrogen and oxygen atoms in total. The minimum Gasteiger partial charge on any atom is -0.492 e. The lowest BCUT2D eigenvalue weighted by Crippen LogP contribution is -2.57. The van der Waals surface area contributed by atoms with E-state index < -0.39 is 5.54 Å². The summed E-state index contributed by atoms with van der Waals surface area (Å²) in [7, 11) is 0. The fourth-order valence-corrected chi connectivity index (χ4v) is 4.49. The maximum atomic E-state index is 12.4. The molecule has 4 heterocycles. The highest BCUT2D eigenvalue weighted by Crippen LogP contribution is 2.35. The smallest absolute Gasteiger partial charge is 0.240 e. The van der Waals surface area contributed by atoms with Crippen LogP contribution in [0.5, 0.6) is 5.75 Å². The number of fused-ring (bicyclic) bond motifs is 1. The predicted octanol–water partition coefficient (Wildman–Crippen LogP) is 2.63. The summed E-state index contributed by atoms with van der Waals surface area (Å²) in [5.41, 5.74) is 8.14. The standard InChI is InChI=1S/C25H29N7O2/c1-3-34-19-12-20(22-18(13-26)15-29-32(22)16-19)17-4-5-21(28-14-17)31-10-8-24(2,9-11-31)30-23(33)25(27)6-7-25/h4-5,12,14-16H,3,6-11,27H2,1-2H3,(H,30,33). The molecule has 3 N–H and O–H groups in total. The summed E-state index contributed by atoms with van der Waals surface area (Å²) in [5.74, 6) is 1.55. The molecule has 9 heteroatoms. The van der Waals surface area contributed by atoms with Gasteiger partial charge in [-0.15, -0.1) is 0 Å². The number of nitriles is 1. The number of nitrogens with zero attached hydrogens (tertiary/aromatic N) is 5. The first-order valence-corrected chi connectivity index (χ1v) is 11.7. The highest BCUT2D eigenvalue weighted by Gasteiger charge is 2.48. The van der Waals surface area contributed by atoms with Crippen molar-refractivity contribution in [2.75, 3.05) is 24.6 Å². The lowest BCUT2D eigenvalue weighted by Gasteiger charge is -2.41. The normalized spacial score (nSPS) is 18.4. The molecule has 1 aliphatic heterocycles. The van der Waals surface area contributed by atoms with Crippen LogP contribution < -0.4 is 20.7 Å². The van der Waals surface area contributed by atoms with Gasteiger partial charge in [0.2, 0.25) is 5.91 Å². The molecule has 34 heavy (non-hydrogen) atoms. The van der Waals surface area contributed by atoms with E-state index in [1.165, 1.54) is 0 Å². The van der Waals surface area contributed by atoms with Gasteiger partial charge in [0, 0.05) is 36.0 Å². The van der Waals surface area contributed by atoms with Gasteiger partial charge in [0.05, 0.1) is 35.6 Å². The first kappa shape index (κ1) is 22.2. The molecule has 2 fully saturated rings. The number of nitrogens with one attached hydrogen (secondary N) is 1. The molecule has 1 saturated carbocycles. The monoisotopic (exact) mass is 459 g/mol. The number of hydrogen-bond donors (Lipinski definition) is 2. The number of amides is 1. The highest BCUT2D eigenvalue weighted by molar-refractivity contribution is 5.89. The SMILES string of the molecule is CCOc1cc(-c2ccc(N3CCC(C)(NC(=O)C4(N)CC4)CC3)nc2)c2c(C#N)cnn2c1. The van der Waals surface area contributed by atoms with Crippen molar-refractivity contribution in [1.82, 2.24) is 19.9 Å². The number of piperidine rings is 1. The van der Waals surface area contributed by atoms with Gasteiger partial charge in [-0.3, -0.25) is 4.79 Å². The maximum Gasteiger partial charge on any atom is 0.240 e. The fourth-order valence-electron chi connectivity index (χ4n) is 4.49. The zero-order chi connectivity index (χ0) is 23.9. The Morgan fingerprint density at radius 3 is 2.65 bits per heavy atom. The summed E-state index contributed by atoms with van der Waals surface area (Å²) < 4.78 is 7.38. The number of hydrogen-bond acceptors (Lipinski definition) is 7. The summed E-state index contributed by atoms with van der Waals surface area (Å²) >= 11 is 0. The molecule has 5 rings (SSSR count). The summed E-state index contributed by atoms with van der Waals surface area (Å²) in [6, 6.07) is 8.16. The summed E-state index contributed by atoms with van der Waals surface area (Å²) in [6.45, 7) is 6.16. The van der Waals surface area contributed by atoms with E-state index in [4.69, 9.17) is 15.5 Å². The Morgan fingerprint density at radius 2 is 2.03 bits per heavy atom. The van der Waals surface area contributed by atoms with Gasteiger partial charge < -0.3 is 20.7 Å². The summed E-state index contributed by atoms with van der Waals surface area (Å²) in [5, 5.41) is 17.0. The van der Waals surface area contributed by atoms with E-state index in [-0.39, 0.29) is 11.4 Å². The molecule has 0 spiro atoms. The minimum atomic E-state index is -0.649. The average Bonchev–Trinajstić information content (AvgIpc) is 3.46. The van der Waals surface area contributed by atoms with Crippen LogP contribution in [0.3, 0.4) is 0 Å². The number of ether oxygens (including phenoxy) is 1. The largest absolute Gasteiger partial charge is 0.492 e. The Balaban J connectivity index is 1.34. The van der Waals surface area contributed by atoms with Crippen molar-refractivity contribution in [3.63, 3.8) is 0 Å². The van der Waals surface area contributed by atoms with E-state index in [1.54, 1.807) is 16.9 Å². The molecule has 1 saturated heterocycles. The molecule has 0 radical (unpaired) electrons. The van der Waals surface area contributed by atoms with Crippen molar-refractivity contribution in [2.24, 2.45) is 5.73 Å². The molecule has 176 valence electrons. The minimum absolute atomic E-state index is 0.0249. The third-order valence-electron chi connectivity index (χ3n) is 6.92. The molecular formula is C25H29N7O2. The third-order valence-corrected chi connectivity index (χ3v) is 6.92. The van der Waals surface area contributed by atoms with Crippen LogP contribution in [0.1, 0.15) is 45.1 Å². The van der Waals surface area contributed by atoms with Gasteiger partial charge in [-0.25, -0.2) is 9.50 Å². The number of anilines is 1. The van der Waals surface area contributed by atoms with Crippen molar-refractivity contribution in [2.45, 2.75) is 50.6 Å². The molecule has 1 amide bonds. The Hall–Kier alpha value is -3.64. The van der Waals surface area contributed by atoms with Crippen LogP contribution >= 0.6 is 0 Å². The van der Waals surface area contributed by atoms with Crippen LogP contribution in [0.25, 0.3) is 16.6 Å². The van der Waals surface area contributed by atoms with Crippen LogP contribution in [0, 0.1) is 11.3 Å². The number of pyridine rings is 2. The molecule has 3 aromatic rings. The summed E-state index contributed by atoms with van der Waals surface area (Å²) in [4.78, 5) is 19.4. The number of rotatable bonds is 6. The predicted molar refractivity (Wildman–Crippen MR) is 128 cm³/mol. The van der Waals surface area contributed by atoms with Gasteiger partial charge in [0.15, 0.2) is 0 Å². The lowest BCUT2D eigenvalue weighted by atomic mass is 9.89. The number of carbonyl (C=O) groups is 1. The van der Waals surface area contributed by atoms with Crippen LogP contribution in [0.4, 0.5) is 5.82 Å². The molecular weight excluding hydrogens is 430 g/mol. The van der Waals surface area contributed by atoms with Crippen molar-refractivity contribution < 1.29 is 9.53 Å². The van der Waals surface area contributed by atoms with E-state index in [9.17, 15) is 10.1 Å². The highest BCUT2D eigenvalue weighted by atomic mass is 16.5. The second-order valence-electron chi connectivity index (χ2n) is 9.55.